The lowest BCUT2D eigenvalue weighted by Gasteiger charge is -2.12. The average molecular weight is 511 g/mol. The fourth-order valence-electron chi connectivity index (χ4n) is 3.89. The number of ketones is 1. The normalized spacial score (nSPS) is 13.0. The van der Waals surface area contributed by atoms with Gasteiger partial charge in [0.2, 0.25) is 0 Å². The Hall–Kier alpha value is -2.22. The highest BCUT2D eigenvalue weighted by Crippen LogP contribution is 2.36. The fourth-order valence-corrected chi connectivity index (χ4v) is 6.37. The van der Waals surface area contributed by atoms with Crippen LogP contribution in [0.1, 0.15) is 32.8 Å². The number of thioether (sulfide) groups is 1. The van der Waals surface area contributed by atoms with Gasteiger partial charge in [0.15, 0.2) is 10.9 Å². The molecule has 0 radical (unpaired) electrons. The van der Waals surface area contributed by atoms with Crippen molar-refractivity contribution in [3.05, 3.63) is 84.9 Å². The van der Waals surface area contributed by atoms with E-state index < -0.39 is 0 Å². The van der Waals surface area contributed by atoms with Gasteiger partial charge in [-0.15, -0.1) is 11.3 Å². The van der Waals surface area contributed by atoms with Crippen LogP contribution in [0.5, 0.6) is 0 Å². The SMILES string of the molecule is Cc1ccc(-n2c(SCC(=O)c3ccc(Br)cc3)nc3sc4c(c3c2=O)CCC4)cc1. The number of carbonyl (C=O) groups is 1. The van der Waals surface area contributed by atoms with Crippen molar-refractivity contribution >= 4 is 55.0 Å². The lowest BCUT2D eigenvalue weighted by atomic mass is 10.2. The molecule has 1 aliphatic rings. The van der Waals surface area contributed by atoms with Gasteiger partial charge in [0.1, 0.15) is 4.83 Å². The van der Waals surface area contributed by atoms with Crippen LogP contribution in [-0.4, -0.2) is 21.1 Å². The lowest BCUT2D eigenvalue weighted by molar-refractivity contribution is 0.102. The number of rotatable bonds is 5. The molecule has 4 nitrogen and oxygen atoms in total. The van der Waals surface area contributed by atoms with E-state index in [0.29, 0.717) is 10.7 Å². The van der Waals surface area contributed by atoms with E-state index in [4.69, 9.17) is 4.98 Å². The number of aryl methyl sites for hydroxylation is 3. The number of carbonyl (C=O) groups excluding carboxylic acids is 1. The molecular weight excluding hydrogens is 492 g/mol. The third kappa shape index (κ3) is 3.90. The fraction of sp³-hybridized carbons (Fsp3) is 0.208. The Morgan fingerprint density at radius 1 is 1.13 bits per heavy atom. The van der Waals surface area contributed by atoms with Gasteiger partial charge >= 0.3 is 0 Å². The van der Waals surface area contributed by atoms with Crippen molar-refractivity contribution in [2.24, 2.45) is 0 Å². The molecule has 2 heterocycles. The topological polar surface area (TPSA) is 52.0 Å². The van der Waals surface area contributed by atoms with Crippen molar-refractivity contribution in [2.45, 2.75) is 31.3 Å². The molecule has 0 saturated heterocycles. The molecule has 0 unspecified atom stereocenters. The summed E-state index contributed by atoms with van der Waals surface area (Å²) in [5.74, 6) is 0.229. The number of thiophene rings is 1. The van der Waals surface area contributed by atoms with Crippen molar-refractivity contribution in [3.8, 4) is 5.69 Å². The van der Waals surface area contributed by atoms with Crippen molar-refractivity contribution < 1.29 is 4.79 Å². The second-order valence-electron chi connectivity index (χ2n) is 7.63. The number of halogens is 1. The molecule has 31 heavy (non-hydrogen) atoms. The van der Waals surface area contributed by atoms with Crippen molar-refractivity contribution in [1.29, 1.82) is 0 Å². The second kappa shape index (κ2) is 8.37. The molecule has 156 valence electrons. The Morgan fingerprint density at radius 3 is 2.61 bits per heavy atom. The van der Waals surface area contributed by atoms with Crippen molar-refractivity contribution in [2.75, 3.05) is 5.75 Å². The Labute approximate surface area is 196 Å². The highest BCUT2D eigenvalue weighted by Gasteiger charge is 2.24. The Kier molecular flexibility index (Phi) is 5.58. The van der Waals surface area contributed by atoms with Gasteiger partial charge in [0, 0.05) is 14.9 Å². The van der Waals surface area contributed by atoms with Crippen LogP contribution in [-0.2, 0) is 12.8 Å². The minimum atomic E-state index is -0.0353. The van der Waals surface area contributed by atoms with E-state index in [-0.39, 0.29) is 17.1 Å². The quantitative estimate of drug-likeness (QED) is 0.188. The zero-order chi connectivity index (χ0) is 21.5. The molecule has 0 atom stereocenters. The summed E-state index contributed by atoms with van der Waals surface area (Å²) < 4.78 is 2.61. The number of benzene rings is 2. The van der Waals surface area contributed by atoms with E-state index in [2.05, 4.69) is 15.9 Å². The van der Waals surface area contributed by atoms with Crippen LogP contribution >= 0.6 is 39.0 Å². The maximum Gasteiger partial charge on any atom is 0.267 e. The van der Waals surface area contributed by atoms with Gasteiger partial charge in [0.25, 0.3) is 5.56 Å². The van der Waals surface area contributed by atoms with Crippen LogP contribution in [0.3, 0.4) is 0 Å². The molecule has 4 aromatic rings. The first-order chi connectivity index (χ1) is 15.0. The molecule has 5 rings (SSSR count). The average Bonchev–Trinajstić information content (AvgIpc) is 3.34. The smallest absolute Gasteiger partial charge is 0.267 e. The first-order valence-corrected chi connectivity index (χ1v) is 12.7. The molecule has 0 saturated carbocycles. The van der Waals surface area contributed by atoms with Crippen LogP contribution in [0.2, 0.25) is 0 Å². The molecule has 0 fully saturated rings. The summed E-state index contributed by atoms with van der Waals surface area (Å²) in [6.07, 6.45) is 3.05. The van der Waals surface area contributed by atoms with E-state index in [9.17, 15) is 9.59 Å². The molecule has 0 amide bonds. The van der Waals surface area contributed by atoms with Gasteiger partial charge in [-0.2, -0.15) is 0 Å². The minimum absolute atomic E-state index is 0.0102. The van der Waals surface area contributed by atoms with Gasteiger partial charge in [-0.25, -0.2) is 4.98 Å². The number of nitrogens with zero attached hydrogens (tertiary/aromatic N) is 2. The summed E-state index contributed by atoms with van der Waals surface area (Å²) in [7, 11) is 0. The largest absolute Gasteiger partial charge is 0.293 e. The Balaban J connectivity index is 1.58. The first-order valence-electron chi connectivity index (χ1n) is 10.1. The maximum absolute atomic E-state index is 13.6. The summed E-state index contributed by atoms with van der Waals surface area (Å²) >= 11 is 6.34. The zero-order valence-corrected chi connectivity index (χ0v) is 20.1. The van der Waals surface area contributed by atoms with E-state index >= 15 is 0 Å². The van der Waals surface area contributed by atoms with Gasteiger partial charge < -0.3 is 0 Å². The highest BCUT2D eigenvalue weighted by molar-refractivity contribution is 9.10. The Bertz CT molecular complexity index is 1360. The van der Waals surface area contributed by atoms with Gasteiger partial charge in [-0.3, -0.25) is 14.2 Å². The number of Topliss-reactive ketones (excluding diaryl/α,β-unsaturated/α-hetero) is 1. The summed E-state index contributed by atoms with van der Waals surface area (Å²) in [5.41, 5.74) is 3.69. The highest BCUT2D eigenvalue weighted by atomic mass is 79.9. The summed E-state index contributed by atoms with van der Waals surface area (Å²) in [5, 5.41) is 1.31. The molecule has 7 heteroatoms. The molecule has 0 N–H and O–H groups in total. The van der Waals surface area contributed by atoms with E-state index in [1.54, 1.807) is 28.0 Å². The molecule has 0 spiro atoms. The van der Waals surface area contributed by atoms with Gasteiger partial charge in [0.05, 0.1) is 16.8 Å². The third-order valence-corrected chi connectivity index (χ3v) is 8.15. The molecule has 2 aromatic carbocycles. The lowest BCUT2D eigenvalue weighted by Crippen LogP contribution is -2.22. The predicted octanol–water partition coefficient (Wildman–Crippen LogP) is 5.98. The second-order valence-corrected chi connectivity index (χ2v) is 10.6. The van der Waals surface area contributed by atoms with Crippen LogP contribution in [0, 0.1) is 6.92 Å². The number of hydrogen-bond acceptors (Lipinski definition) is 5. The van der Waals surface area contributed by atoms with E-state index in [1.165, 1.54) is 22.2 Å². The van der Waals surface area contributed by atoms with E-state index in [1.807, 2.05) is 43.3 Å². The number of fused-ring (bicyclic) bond motifs is 3. The standard InChI is InChI=1S/C24H19BrN2O2S2/c1-14-5-11-17(12-6-14)27-23(29)21-18-3-2-4-20(18)31-22(21)26-24(27)30-13-19(28)15-7-9-16(25)10-8-15/h5-12H,2-4,13H2,1H3. The zero-order valence-electron chi connectivity index (χ0n) is 16.9. The minimum Gasteiger partial charge on any atom is -0.293 e. The van der Waals surface area contributed by atoms with Crippen LogP contribution in [0.15, 0.2) is 63.0 Å². The van der Waals surface area contributed by atoms with Crippen LogP contribution < -0.4 is 5.56 Å². The van der Waals surface area contributed by atoms with Gasteiger partial charge in [-0.1, -0.05) is 57.5 Å². The third-order valence-electron chi connectivity index (χ3n) is 5.50. The van der Waals surface area contributed by atoms with Crippen LogP contribution in [0.25, 0.3) is 15.9 Å². The molecule has 0 bridgehead atoms. The number of aromatic nitrogens is 2. The summed E-state index contributed by atoms with van der Waals surface area (Å²) in [4.78, 5) is 33.3. The molecule has 1 aliphatic carbocycles. The van der Waals surface area contributed by atoms with Gasteiger partial charge in [-0.05, 0) is 56.0 Å². The molecular formula is C24H19BrN2O2S2. The summed E-state index contributed by atoms with van der Waals surface area (Å²) in [6, 6.07) is 15.2. The number of hydrogen-bond donors (Lipinski definition) is 0. The first kappa shape index (κ1) is 20.7. The summed E-state index contributed by atoms with van der Waals surface area (Å²) in [6.45, 7) is 2.02. The molecule has 2 aromatic heterocycles. The van der Waals surface area contributed by atoms with Crippen LogP contribution in [0.4, 0.5) is 0 Å². The van der Waals surface area contributed by atoms with Crippen molar-refractivity contribution in [1.82, 2.24) is 9.55 Å². The predicted molar refractivity (Wildman–Crippen MR) is 131 cm³/mol. The van der Waals surface area contributed by atoms with Crippen molar-refractivity contribution in [3.63, 3.8) is 0 Å². The van der Waals surface area contributed by atoms with E-state index in [0.717, 1.165) is 45.2 Å². The monoisotopic (exact) mass is 510 g/mol. The Morgan fingerprint density at radius 2 is 1.87 bits per heavy atom. The molecule has 0 aliphatic heterocycles. The maximum atomic E-state index is 13.6.